The van der Waals surface area contributed by atoms with E-state index in [9.17, 15) is 13.2 Å². The summed E-state index contributed by atoms with van der Waals surface area (Å²) in [5.41, 5.74) is 1.68. The van der Waals surface area contributed by atoms with Crippen molar-refractivity contribution in [3.05, 3.63) is 60.3 Å². The van der Waals surface area contributed by atoms with Gasteiger partial charge in [0.05, 0.1) is 24.9 Å². The predicted octanol–water partition coefficient (Wildman–Crippen LogP) is 2.67. The Kier molecular flexibility index (Phi) is 4.43. The Morgan fingerprint density at radius 1 is 1.21 bits per heavy atom. The SMILES string of the molecule is COC(=O)C1CN(S(=O)(=O)c2cccc3cc(C)cnc23)c2ccccc2O1. The summed E-state index contributed by atoms with van der Waals surface area (Å²) in [6.07, 6.45) is 0.575. The number of carbonyl (C=O) groups excluding carboxylic acids is 1. The van der Waals surface area contributed by atoms with Crippen LogP contribution >= 0.6 is 0 Å². The summed E-state index contributed by atoms with van der Waals surface area (Å²) in [6.45, 7) is 1.71. The summed E-state index contributed by atoms with van der Waals surface area (Å²) in [4.78, 5) is 16.5. The zero-order chi connectivity index (χ0) is 19.9. The zero-order valence-corrected chi connectivity index (χ0v) is 16.1. The second-order valence-electron chi connectivity index (χ2n) is 6.47. The maximum absolute atomic E-state index is 13.6. The summed E-state index contributed by atoms with van der Waals surface area (Å²) >= 11 is 0. The Balaban J connectivity index is 1.88. The van der Waals surface area contributed by atoms with Crippen LogP contribution in [0.1, 0.15) is 5.56 Å². The van der Waals surface area contributed by atoms with Crippen LogP contribution in [0.3, 0.4) is 0 Å². The molecule has 4 rings (SSSR count). The number of carbonyl (C=O) groups is 1. The molecule has 0 fully saturated rings. The first-order valence-electron chi connectivity index (χ1n) is 8.63. The molecule has 0 aliphatic carbocycles. The first-order valence-corrected chi connectivity index (χ1v) is 10.1. The fourth-order valence-corrected chi connectivity index (χ4v) is 4.90. The van der Waals surface area contributed by atoms with Crippen molar-refractivity contribution >= 4 is 32.6 Å². The van der Waals surface area contributed by atoms with E-state index in [0.717, 1.165) is 10.9 Å². The standard InChI is InChI=1S/C20H18N2O5S/c1-13-10-14-6-5-9-18(19(14)21-11-13)28(24,25)22-12-17(20(23)26-2)27-16-8-4-3-7-15(16)22/h3-11,17H,12H2,1-2H3. The summed E-state index contributed by atoms with van der Waals surface area (Å²) in [5, 5.41) is 0.729. The molecule has 1 unspecified atom stereocenters. The molecule has 1 aliphatic heterocycles. The normalized spacial score (nSPS) is 16.4. The molecule has 28 heavy (non-hydrogen) atoms. The molecule has 0 radical (unpaired) electrons. The van der Waals surface area contributed by atoms with Crippen molar-refractivity contribution in [2.45, 2.75) is 17.9 Å². The van der Waals surface area contributed by atoms with Gasteiger partial charge in [-0.05, 0) is 36.8 Å². The van der Waals surface area contributed by atoms with E-state index in [1.807, 2.05) is 19.1 Å². The second kappa shape index (κ2) is 6.79. The summed E-state index contributed by atoms with van der Waals surface area (Å²) in [6, 6.07) is 13.6. The lowest BCUT2D eigenvalue weighted by Crippen LogP contribution is -2.47. The van der Waals surface area contributed by atoms with Crippen molar-refractivity contribution in [2.75, 3.05) is 18.0 Å². The Bertz CT molecular complexity index is 1180. The Morgan fingerprint density at radius 3 is 2.79 bits per heavy atom. The number of aryl methyl sites for hydroxylation is 1. The van der Waals surface area contributed by atoms with Gasteiger partial charge in [0.1, 0.15) is 10.6 Å². The Labute approximate surface area is 162 Å². The smallest absolute Gasteiger partial charge is 0.348 e. The van der Waals surface area contributed by atoms with Crippen molar-refractivity contribution in [2.24, 2.45) is 0 Å². The van der Waals surface area contributed by atoms with E-state index >= 15 is 0 Å². The second-order valence-corrected chi connectivity index (χ2v) is 8.30. The first-order chi connectivity index (χ1) is 13.4. The van der Waals surface area contributed by atoms with Crippen LogP contribution in [0, 0.1) is 6.92 Å². The molecule has 1 aliphatic rings. The number of sulfonamides is 1. The van der Waals surface area contributed by atoms with Gasteiger partial charge in [0.25, 0.3) is 10.0 Å². The van der Waals surface area contributed by atoms with Crippen molar-refractivity contribution in [3.8, 4) is 5.75 Å². The number of nitrogens with zero attached hydrogens (tertiary/aromatic N) is 2. The van der Waals surface area contributed by atoms with Crippen molar-refractivity contribution in [3.63, 3.8) is 0 Å². The largest absolute Gasteiger partial charge is 0.475 e. The number of pyridine rings is 1. The third-order valence-corrected chi connectivity index (χ3v) is 6.39. The Morgan fingerprint density at radius 2 is 2.00 bits per heavy atom. The quantitative estimate of drug-likeness (QED) is 0.631. The van der Waals surface area contributed by atoms with Gasteiger partial charge in [0.15, 0.2) is 0 Å². The van der Waals surface area contributed by atoms with E-state index in [0.29, 0.717) is 17.0 Å². The van der Waals surface area contributed by atoms with E-state index < -0.39 is 22.1 Å². The molecular weight excluding hydrogens is 380 g/mol. The molecule has 144 valence electrons. The topological polar surface area (TPSA) is 85.8 Å². The highest BCUT2D eigenvalue weighted by molar-refractivity contribution is 7.93. The van der Waals surface area contributed by atoms with Crippen LogP contribution in [0.25, 0.3) is 10.9 Å². The number of fused-ring (bicyclic) bond motifs is 2. The molecule has 7 nitrogen and oxygen atoms in total. The molecule has 1 aromatic heterocycles. The van der Waals surface area contributed by atoms with Crippen LogP contribution in [0.2, 0.25) is 0 Å². The summed E-state index contributed by atoms with van der Waals surface area (Å²) < 4.78 is 38.8. The van der Waals surface area contributed by atoms with Crippen LogP contribution in [-0.4, -0.2) is 39.1 Å². The number of aromatic nitrogens is 1. The lowest BCUT2D eigenvalue weighted by Gasteiger charge is -2.34. The molecule has 0 N–H and O–H groups in total. The molecule has 2 aromatic carbocycles. The minimum absolute atomic E-state index is 0.0744. The van der Waals surface area contributed by atoms with E-state index in [1.165, 1.54) is 17.5 Å². The van der Waals surface area contributed by atoms with Crippen LogP contribution in [0.15, 0.2) is 59.6 Å². The highest BCUT2D eigenvalue weighted by Crippen LogP contribution is 2.38. The number of methoxy groups -OCH3 is 1. The number of esters is 1. The van der Waals surface area contributed by atoms with Crippen molar-refractivity contribution < 1.29 is 22.7 Å². The van der Waals surface area contributed by atoms with Gasteiger partial charge in [0.2, 0.25) is 6.10 Å². The number of ether oxygens (including phenoxy) is 2. The number of hydrogen-bond acceptors (Lipinski definition) is 6. The highest BCUT2D eigenvalue weighted by atomic mass is 32.2. The maximum Gasteiger partial charge on any atom is 0.348 e. The zero-order valence-electron chi connectivity index (χ0n) is 15.3. The van der Waals surface area contributed by atoms with Gasteiger partial charge in [-0.25, -0.2) is 13.2 Å². The molecule has 0 saturated heterocycles. The fourth-order valence-electron chi connectivity index (χ4n) is 3.25. The average Bonchev–Trinajstić information content (AvgIpc) is 2.71. The summed E-state index contributed by atoms with van der Waals surface area (Å²) in [7, 11) is -2.77. The van der Waals surface area contributed by atoms with Crippen LogP contribution in [0.4, 0.5) is 5.69 Å². The van der Waals surface area contributed by atoms with Crippen LogP contribution in [-0.2, 0) is 19.6 Å². The van der Waals surface area contributed by atoms with Gasteiger partial charge in [-0.15, -0.1) is 0 Å². The van der Waals surface area contributed by atoms with Crippen LogP contribution in [0.5, 0.6) is 5.75 Å². The minimum Gasteiger partial charge on any atom is -0.475 e. The van der Waals surface area contributed by atoms with E-state index in [-0.39, 0.29) is 11.4 Å². The Hall–Kier alpha value is -3.13. The molecule has 0 bridgehead atoms. The number of rotatable bonds is 3. The van der Waals surface area contributed by atoms with Gasteiger partial charge in [-0.1, -0.05) is 24.3 Å². The molecule has 0 saturated carbocycles. The molecule has 0 spiro atoms. The van der Waals surface area contributed by atoms with Crippen molar-refractivity contribution in [1.82, 2.24) is 4.98 Å². The summed E-state index contributed by atoms with van der Waals surface area (Å²) in [5.74, 6) is -0.335. The monoisotopic (exact) mass is 398 g/mol. The van der Waals surface area contributed by atoms with E-state index in [1.54, 1.807) is 36.5 Å². The van der Waals surface area contributed by atoms with Gasteiger partial charge < -0.3 is 9.47 Å². The minimum atomic E-state index is -4.01. The van der Waals surface area contributed by atoms with Gasteiger partial charge in [-0.3, -0.25) is 9.29 Å². The average molecular weight is 398 g/mol. The third-order valence-electron chi connectivity index (χ3n) is 4.58. The first kappa shape index (κ1) is 18.2. The van der Waals surface area contributed by atoms with E-state index in [4.69, 9.17) is 9.47 Å². The van der Waals surface area contributed by atoms with Crippen LogP contribution < -0.4 is 9.04 Å². The number of hydrogen-bond donors (Lipinski definition) is 0. The number of para-hydroxylation sites is 3. The van der Waals surface area contributed by atoms with Gasteiger partial charge in [-0.2, -0.15) is 0 Å². The van der Waals surface area contributed by atoms with Gasteiger partial charge >= 0.3 is 5.97 Å². The lowest BCUT2D eigenvalue weighted by atomic mass is 10.2. The molecule has 3 aromatic rings. The predicted molar refractivity (Wildman–Crippen MR) is 104 cm³/mol. The fraction of sp³-hybridized carbons (Fsp3) is 0.200. The molecule has 0 amide bonds. The molecule has 1 atom stereocenters. The third kappa shape index (κ3) is 2.95. The number of benzene rings is 2. The molecule has 8 heteroatoms. The van der Waals surface area contributed by atoms with E-state index in [2.05, 4.69) is 4.98 Å². The van der Waals surface area contributed by atoms with Crippen molar-refractivity contribution in [1.29, 1.82) is 0 Å². The molecule has 2 heterocycles. The molecular formula is C20H18N2O5S. The number of anilines is 1. The highest BCUT2D eigenvalue weighted by Gasteiger charge is 2.38. The van der Waals surface area contributed by atoms with Gasteiger partial charge in [0, 0.05) is 11.6 Å². The lowest BCUT2D eigenvalue weighted by molar-refractivity contribution is -0.148. The maximum atomic E-state index is 13.6.